The van der Waals surface area contributed by atoms with Crippen molar-refractivity contribution in [3.05, 3.63) is 16.0 Å². The van der Waals surface area contributed by atoms with E-state index in [-0.39, 0.29) is 24.2 Å². The van der Waals surface area contributed by atoms with Gasteiger partial charge in [0.25, 0.3) is 5.91 Å². The summed E-state index contributed by atoms with van der Waals surface area (Å²) >= 11 is 1.29. The number of hydrogen-bond donors (Lipinski definition) is 2. The summed E-state index contributed by atoms with van der Waals surface area (Å²) in [6.07, 6.45) is 0.587. The molecule has 0 fully saturated rings. The summed E-state index contributed by atoms with van der Waals surface area (Å²) in [6, 6.07) is 0. The first-order valence-electron chi connectivity index (χ1n) is 6.13. The van der Waals surface area contributed by atoms with Crippen LogP contribution in [0.2, 0.25) is 0 Å². The summed E-state index contributed by atoms with van der Waals surface area (Å²) in [5.74, 6) is -1.35. The maximum absolute atomic E-state index is 11.7. The summed E-state index contributed by atoms with van der Waals surface area (Å²) in [4.78, 5) is 23.9. The Kier molecular flexibility index (Phi) is 5.50. The zero-order valence-corrected chi connectivity index (χ0v) is 12.4. The van der Waals surface area contributed by atoms with Gasteiger partial charge in [0.05, 0.1) is 11.7 Å². The van der Waals surface area contributed by atoms with Crippen LogP contribution < -0.4 is 5.32 Å². The van der Waals surface area contributed by atoms with E-state index in [1.165, 1.54) is 11.3 Å². The maximum atomic E-state index is 11.7. The number of anilines is 1. The lowest BCUT2D eigenvalue weighted by Gasteiger charge is -2.08. The van der Waals surface area contributed by atoms with Crippen LogP contribution in [0.1, 0.15) is 41.6 Å². The smallest absolute Gasteiger partial charge is 0.339 e. The first-order chi connectivity index (χ1) is 8.86. The van der Waals surface area contributed by atoms with E-state index < -0.39 is 5.97 Å². The molecule has 5 nitrogen and oxygen atoms in total. The van der Waals surface area contributed by atoms with Gasteiger partial charge in [-0.05, 0) is 32.8 Å². The van der Waals surface area contributed by atoms with E-state index in [1.807, 2.05) is 27.7 Å². The molecule has 0 atom stereocenters. The Morgan fingerprint density at radius 3 is 2.53 bits per heavy atom. The van der Waals surface area contributed by atoms with Crippen LogP contribution in [-0.4, -0.2) is 29.7 Å². The number of aromatic carboxylic acids is 1. The number of rotatable bonds is 6. The number of ether oxygens (including phenoxy) is 1. The summed E-state index contributed by atoms with van der Waals surface area (Å²) in [7, 11) is 0. The van der Waals surface area contributed by atoms with Crippen molar-refractivity contribution in [2.75, 3.05) is 11.9 Å². The molecule has 0 spiro atoms. The van der Waals surface area contributed by atoms with Crippen LogP contribution in [0.15, 0.2) is 0 Å². The third kappa shape index (κ3) is 4.04. The maximum Gasteiger partial charge on any atom is 0.339 e. The molecule has 0 aromatic carbocycles. The third-order valence-electron chi connectivity index (χ3n) is 2.58. The number of hydrogen-bond acceptors (Lipinski definition) is 4. The summed E-state index contributed by atoms with van der Waals surface area (Å²) in [5.41, 5.74) is 0.973. The van der Waals surface area contributed by atoms with Gasteiger partial charge in [0, 0.05) is 4.88 Å². The highest BCUT2D eigenvalue weighted by molar-refractivity contribution is 7.16. The molecule has 1 amide bonds. The van der Waals surface area contributed by atoms with Crippen molar-refractivity contribution in [1.82, 2.24) is 0 Å². The summed E-state index contributed by atoms with van der Waals surface area (Å²) in [5, 5.41) is 12.3. The Bertz CT molecular complexity index is 479. The van der Waals surface area contributed by atoms with Crippen molar-refractivity contribution < 1.29 is 19.4 Å². The first-order valence-corrected chi connectivity index (χ1v) is 6.95. The fourth-order valence-corrected chi connectivity index (χ4v) is 2.88. The number of carboxylic acid groups (broad SMARTS) is 1. The van der Waals surface area contributed by atoms with E-state index in [0.717, 1.165) is 10.4 Å². The monoisotopic (exact) mass is 285 g/mol. The molecule has 1 rings (SSSR count). The standard InChI is InChI=1S/C13H19NO4S/c1-5-9-8(4)19-12(11(9)13(16)17)14-10(15)6-18-7(2)3/h7H,5-6H2,1-4H3,(H,14,15)(H,16,17). The average Bonchev–Trinajstić information content (AvgIpc) is 2.62. The van der Waals surface area contributed by atoms with E-state index in [2.05, 4.69) is 5.32 Å². The molecule has 0 aliphatic rings. The number of aryl methyl sites for hydroxylation is 1. The van der Waals surface area contributed by atoms with E-state index in [1.54, 1.807) is 0 Å². The van der Waals surface area contributed by atoms with Crippen LogP contribution in [-0.2, 0) is 16.0 Å². The van der Waals surface area contributed by atoms with Crippen LogP contribution in [0.4, 0.5) is 5.00 Å². The van der Waals surface area contributed by atoms with Crippen molar-refractivity contribution in [1.29, 1.82) is 0 Å². The molecule has 0 radical (unpaired) electrons. The van der Waals surface area contributed by atoms with E-state index in [4.69, 9.17) is 4.74 Å². The summed E-state index contributed by atoms with van der Waals surface area (Å²) < 4.78 is 5.18. The van der Waals surface area contributed by atoms with Gasteiger partial charge >= 0.3 is 5.97 Å². The van der Waals surface area contributed by atoms with Gasteiger partial charge in [0.2, 0.25) is 0 Å². The van der Waals surface area contributed by atoms with Gasteiger partial charge in [-0.15, -0.1) is 11.3 Å². The molecule has 1 aromatic rings. The predicted octanol–water partition coefficient (Wildman–Crippen LogP) is 2.68. The van der Waals surface area contributed by atoms with Crippen molar-refractivity contribution in [3.8, 4) is 0 Å². The molecule has 0 aliphatic heterocycles. The second-order valence-corrected chi connectivity index (χ2v) is 5.63. The van der Waals surface area contributed by atoms with Crippen LogP contribution in [0.5, 0.6) is 0 Å². The fraction of sp³-hybridized carbons (Fsp3) is 0.538. The average molecular weight is 285 g/mol. The second kappa shape index (κ2) is 6.68. The first kappa shape index (κ1) is 15.7. The SMILES string of the molecule is CCc1c(C)sc(NC(=O)COC(C)C)c1C(=O)O. The molecule has 0 aliphatic carbocycles. The highest BCUT2D eigenvalue weighted by Gasteiger charge is 2.21. The van der Waals surface area contributed by atoms with Gasteiger partial charge in [0.15, 0.2) is 0 Å². The largest absolute Gasteiger partial charge is 0.478 e. The highest BCUT2D eigenvalue weighted by atomic mass is 32.1. The molecule has 19 heavy (non-hydrogen) atoms. The number of carbonyl (C=O) groups is 2. The molecule has 0 saturated heterocycles. The number of thiophene rings is 1. The van der Waals surface area contributed by atoms with E-state index in [9.17, 15) is 14.7 Å². The molecule has 1 aromatic heterocycles. The van der Waals surface area contributed by atoms with Gasteiger partial charge in [0.1, 0.15) is 11.6 Å². The fourth-order valence-electron chi connectivity index (χ4n) is 1.72. The van der Waals surface area contributed by atoms with Crippen LogP contribution >= 0.6 is 11.3 Å². The molecule has 0 saturated carbocycles. The number of nitrogens with one attached hydrogen (secondary N) is 1. The minimum absolute atomic E-state index is 0.0408. The molecule has 0 unspecified atom stereocenters. The lowest BCUT2D eigenvalue weighted by atomic mass is 10.1. The number of carboxylic acids is 1. The quantitative estimate of drug-likeness (QED) is 0.842. The third-order valence-corrected chi connectivity index (χ3v) is 3.64. The van der Waals surface area contributed by atoms with Crippen molar-refractivity contribution in [3.63, 3.8) is 0 Å². The Hall–Kier alpha value is -1.40. The lowest BCUT2D eigenvalue weighted by Crippen LogP contribution is -2.21. The molecular formula is C13H19NO4S. The number of amides is 1. The van der Waals surface area contributed by atoms with Crippen molar-refractivity contribution >= 4 is 28.2 Å². The van der Waals surface area contributed by atoms with Crippen molar-refractivity contribution in [2.24, 2.45) is 0 Å². The Morgan fingerprint density at radius 2 is 2.05 bits per heavy atom. The molecule has 2 N–H and O–H groups in total. The van der Waals surface area contributed by atoms with Crippen LogP contribution in [0.25, 0.3) is 0 Å². The minimum atomic E-state index is -1.01. The van der Waals surface area contributed by atoms with Gasteiger partial charge in [-0.25, -0.2) is 4.79 Å². The normalized spacial score (nSPS) is 10.8. The van der Waals surface area contributed by atoms with Gasteiger partial charge in [-0.3, -0.25) is 4.79 Å². The highest BCUT2D eigenvalue weighted by Crippen LogP contribution is 2.33. The Balaban J connectivity index is 2.89. The predicted molar refractivity (Wildman–Crippen MR) is 75.1 cm³/mol. The molecule has 106 valence electrons. The minimum Gasteiger partial charge on any atom is -0.478 e. The molecular weight excluding hydrogens is 266 g/mol. The Morgan fingerprint density at radius 1 is 1.42 bits per heavy atom. The zero-order valence-electron chi connectivity index (χ0n) is 11.6. The van der Waals surface area contributed by atoms with Gasteiger partial charge in [-0.2, -0.15) is 0 Å². The van der Waals surface area contributed by atoms with Gasteiger partial charge < -0.3 is 15.2 Å². The van der Waals surface area contributed by atoms with Crippen LogP contribution in [0.3, 0.4) is 0 Å². The van der Waals surface area contributed by atoms with E-state index >= 15 is 0 Å². The molecule has 0 bridgehead atoms. The van der Waals surface area contributed by atoms with Crippen LogP contribution in [0, 0.1) is 6.92 Å². The zero-order chi connectivity index (χ0) is 14.6. The lowest BCUT2D eigenvalue weighted by molar-refractivity contribution is -0.121. The Labute approximate surface area is 116 Å². The summed E-state index contributed by atoms with van der Waals surface area (Å²) in [6.45, 7) is 7.35. The topological polar surface area (TPSA) is 75.6 Å². The second-order valence-electron chi connectivity index (χ2n) is 4.41. The molecule has 1 heterocycles. The number of carbonyl (C=O) groups excluding carboxylic acids is 1. The molecule has 6 heteroatoms. The van der Waals surface area contributed by atoms with E-state index in [0.29, 0.717) is 11.4 Å². The van der Waals surface area contributed by atoms with Gasteiger partial charge in [-0.1, -0.05) is 6.92 Å². The van der Waals surface area contributed by atoms with Crippen molar-refractivity contribution in [2.45, 2.75) is 40.2 Å².